The summed E-state index contributed by atoms with van der Waals surface area (Å²) in [4.78, 5) is 15.6. The zero-order valence-electron chi connectivity index (χ0n) is 12.2. The molecule has 0 spiro atoms. The molecule has 23 heavy (non-hydrogen) atoms. The molecule has 0 unspecified atom stereocenters. The highest BCUT2D eigenvalue weighted by Gasteiger charge is 2.10. The number of aromatic nitrogens is 1. The second kappa shape index (κ2) is 6.58. The van der Waals surface area contributed by atoms with Crippen LogP contribution in [0.2, 0.25) is 0 Å². The van der Waals surface area contributed by atoms with Crippen LogP contribution >= 0.6 is 11.8 Å². The lowest BCUT2D eigenvalue weighted by Crippen LogP contribution is -2.22. The zero-order valence-corrected chi connectivity index (χ0v) is 13.0. The molecule has 116 valence electrons. The van der Waals surface area contributed by atoms with Gasteiger partial charge in [0.2, 0.25) is 0 Å². The van der Waals surface area contributed by atoms with Crippen LogP contribution in [0.1, 0.15) is 5.56 Å². The Kier molecular flexibility index (Phi) is 4.34. The van der Waals surface area contributed by atoms with Gasteiger partial charge in [-0.05, 0) is 47.7 Å². The molecular weight excluding hydrogens is 314 g/mol. The van der Waals surface area contributed by atoms with Crippen LogP contribution in [-0.2, 0) is 4.79 Å². The number of benzene rings is 2. The Balaban J connectivity index is 1.88. The molecule has 0 aliphatic heterocycles. The number of para-hydroxylation sites is 2. The van der Waals surface area contributed by atoms with Gasteiger partial charge in [0.15, 0.2) is 5.58 Å². The number of oxazole rings is 1. The van der Waals surface area contributed by atoms with Crippen molar-refractivity contribution in [2.75, 3.05) is 7.11 Å². The van der Waals surface area contributed by atoms with Crippen molar-refractivity contribution in [2.24, 2.45) is 0 Å². The summed E-state index contributed by atoms with van der Waals surface area (Å²) in [5, 5.41) is 11.6. The summed E-state index contributed by atoms with van der Waals surface area (Å²) in [7, 11) is 1.57. The van der Waals surface area contributed by atoms with Gasteiger partial charge in [-0.1, -0.05) is 24.3 Å². The Hall–Kier alpha value is -2.73. The Morgan fingerprint density at radius 3 is 2.61 bits per heavy atom. The third kappa shape index (κ3) is 3.54. The predicted molar refractivity (Wildman–Crippen MR) is 85.8 cm³/mol. The van der Waals surface area contributed by atoms with Crippen molar-refractivity contribution < 1.29 is 19.1 Å². The highest BCUT2D eigenvalue weighted by Crippen LogP contribution is 2.30. The summed E-state index contributed by atoms with van der Waals surface area (Å²) < 4.78 is 10.6. The lowest BCUT2D eigenvalue weighted by Gasteiger charge is -2.06. The van der Waals surface area contributed by atoms with Crippen molar-refractivity contribution in [3.63, 3.8) is 0 Å². The number of hydrogen-bond acceptors (Lipinski definition) is 6. The number of methoxy groups -OCH3 is 1. The lowest BCUT2D eigenvalue weighted by atomic mass is 10.2. The molecule has 1 aromatic heterocycles. The maximum Gasteiger partial charge on any atom is 0.261 e. The number of rotatable bonds is 5. The van der Waals surface area contributed by atoms with Crippen molar-refractivity contribution >= 4 is 34.9 Å². The van der Waals surface area contributed by atoms with Gasteiger partial charge in [0.1, 0.15) is 11.3 Å². The van der Waals surface area contributed by atoms with Crippen molar-refractivity contribution in [1.82, 2.24) is 4.98 Å². The molecule has 2 aromatic carbocycles. The van der Waals surface area contributed by atoms with E-state index in [9.17, 15) is 9.90 Å². The minimum absolute atomic E-state index is 0.0155. The molecule has 0 aliphatic rings. The maximum absolute atomic E-state index is 11.4. The summed E-state index contributed by atoms with van der Waals surface area (Å²) in [5.74, 6) is -0.586. The van der Waals surface area contributed by atoms with E-state index in [-0.39, 0.29) is 10.1 Å². The molecule has 0 saturated heterocycles. The third-order valence-corrected chi connectivity index (χ3v) is 3.94. The number of fused-ring (bicyclic) bond motifs is 1. The summed E-state index contributed by atoms with van der Waals surface area (Å²) >= 11 is 0.917. The number of nitrogens with zero attached hydrogens (tertiary/aromatic N) is 1. The number of carboxylic acid groups (broad SMARTS) is 1. The fourth-order valence-corrected chi connectivity index (χ4v) is 2.71. The Labute approximate surface area is 136 Å². The van der Waals surface area contributed by atoms with E-state index < -0.39 is 5.97 Å². The third-order valence-electron chi connectivity index (χ3n) is 3.09. The van der Waals surface area contributed by atoms with Crippen molar-refractivity contribution in [2.45, 2.75) is 5.22 Å². The first-order chi connectivity index (χ1) is 11.2. The quantitative estimate of drug-likeness (QED) is 0.530. The van der Waals surface area contributed by atoms with Gasteiger partial charge in [-0.25, -0.2) is 4.98 Å². The minimum atomic E-state index is -1.28. The van der Waals surface area contributed by atoms with Crippen LogP contribution in [0.25, 0.3) is 17.2 Å². The summed E-state index contributed by atoms with van der Waals surface area (Å²) in [6, 6.07) is 14.3. The molecule has 0 N–H and O–H groups in total. The molecule has 0 radical (unpaired) electrons. The summed E-state index contributed by atoms with van der Waals surface area (Å²) in [6.45, 7) is 0. The minimum Gasteiger partial charge on any atom is -0.544 e. The lowest BCUT2D eigenvalue weighted by molar-refractivity contribution is -0.298. The fourth-order valence-electron chi connectivity index (χ4n) is 1.97. The van der Waals surface area contributed by atoms with E-state index >= 15 is 0 Å². The standard InChI is InChI=1S/C17H13NO4S/c1-21-12-8-6-11(7-9-12)10-15(16(19)20)23-17-18-13-4-2-3-5-14(13)22-17/h2-10H,1H3,(H,19,20)/p-1/b15-10+. The van der Waals surface area contributed by atoms with Gasteiger partial charge in [-0.15, -0.1) is 0 Å². The van der Waals surface area contributed by atoms with E-state index in [1.807, 2.05) is 12.1 Å². The van der Waals surface area contributed by atoms with Gasteiger partial charge in [0.25, 0.3) is 5.22 Å². The molecule has 3 aromatic rings. The predicted octanol–water partition coefficient (Wildman–Crippen LogP) is 2.72. The normalized spacial score (nSPS) is 11.6. The Morgan fingerprint density at radius 2 is 1.96 bits per heavy atom. The Morgan fingerprint density at radius 1 is 1.22 bits per heavy atom. The van der Waals surface area contributed by atoms with Gasteiger partial charge in [0, 0.05) is 4.91 Å². The first kappa shape index (κ1) is 15.2. The molecule has 0 amide bonds. The van der Waals surface area contributed by atoms with Crippen LogP contribution in [0, 0.1) is 0 Å². The molecular formula is C17H12NO4S-. The van der Waals surface area contributed by atoms with Crippen LogP contribution in [0.5, 0.6) is 5.75 Å². The monoisotopic (exact) mass is 326 g/mol. The highest BCUT2D eigenvalue weighted by molar-refractivity contribution is 8.03. The van der Waals surface area contributed by atoms with Gasteiger partial charge in [-0.2, -0.15) is 0 Å². The smallest absolute Gasteiger partial charge is 0.261 e. The zero-order chi connectivity index (χ0) is 16.2. The van der Waals surface area contributed by atoms with Gasteiger partial charge in [-0.3, -0.25) is 0 Å². The van der Waals surface area contributed by atoms with E-state index in [1.54, 1.807) is 43.5 Å². The van der Waals surface area contributed by atoms with Crippen LogP contribution in [0.3, 0.4) is 0 Å². The second-order valence-corrected chi connectivity index (χ2v) is 5.61. The average molecular weight is 326 g/mol. The fraction of sp³-hybridized carbons (Fsp3) is 0.0588. The van der Waals surface area contributed by atoms with E-state index in [2.05, 4.69) is 4.98 Å². The second-order valence-electron chi connectivity index (χ2n) is 4.62. The van der Waals surface area contributed by atoms with E-state index in [0.717, 1.165) is 11.8 Å². The van der Waals surface area contributed by atoms with E-state index in [4.69, 9.17) is 9.15 Å². The first-order valence-corrected chi connectivity index (χ1v) is 7.58. The van der Waals surface area contributed by atoms with Crippen molar-refractivity contribution in [3.8, 4) is 5.75 Å². The topological polar surface area (TPSA) is 75.4 Å². The number of carboxylic acids is 1. The number of ether oxygens (including phenoxy) is 1. The first-order valence-electron chi connectivity index (χ1n) is 6.76. The van der Waals surface area contributed by atoms with E-state index in [0.29, 0.717) is 22.4 Å². The molecule has 3 rings (SSSR count). The van der Waals surface area contributed by atoms with Crippen LogP contribution in [0.4, 0.5) is 0 Å². The number of carbonyl (C=O) groups is 1. The maximum atomic E-state index is 11.4. The summed E-state index contributed by atoms with van der Waals surface area (Å²) in [5.41, 5.74) is 2.00. The highest BCUT2D eigenvalue weighted by atomic mass is 32.2. The van der Waals surface area contributed by atoms with Crippen LogP contribution < -0.4 is 9.84 Å². The number of hydrogen-bond donors (Lipinski definition) is 0. The Bertz CT molecular complexity index is 835. The molecule has 0 atom stereocenters. The molecule has 5 nitrogen and oxygen atoms in total. The van der Waals surface area contributed by atoms with Crippen molar-refractivity contribution in [1.29, 1.82) is 0 Å². The average Bonchev–Trinajstić information content (AvgIpc) is 2.97. The van der Waals surface area contributed by atoms with Crippen molar-refractivity contribution in [3.05, 3.63) is 59.0 Å². The number of aliphatic carboxylic acids is 1. The van der Waals surface area contributed by atoms with Crippen LogP contribution in [0.15, 0.2) is 63.1 Å². The van der Waals surface area contributed by atoms with Gasteiger partial charge in [0.05, 0.1) is 13.1 Å². The van der Waals surface area contributed by atoms with E-state index in [1.165, 1.54) is 6.08 Å². The molecule has 0 saturated carbocycles. The largest absolute Gasteiger partial charge is 0.544 e. The van der Waals surface area contributed by atoms with Gasteiger partial charge >= 0.3 is 0 Å². The van der Waals surface area contributed by atoms with Gasteiger partial charge < -0.3 is 19.1 Å². The number of thioether (sulfide) groups is 1. The summed E-state index contributed by atoms with van der Waals surface area (Å²) in [6.07, 6.45) is 1.51. The van der Waals surface area contributed by atoms with Crippen LogP contribution in [-0.4, -0.2) is 18.1 Å². The molecule has 0 aliphatic carbocycles. The SMILES string of the molecule is COc1ccc(/C=C(/Sc2nc3ccccc3o2)C(=O)[O-])cc1. The molecule has 0 fully saturated rings. The molecule has 0 bridgehead atoms. The molecule has 6 heteroatoms. The number of carbonyl (C=O) groups excluding carboxylic acids is 1. The molecule has 1 heterocycles.